The van der Waals surface area contributed by atoms with Gasteiger partial charge in [-0.05, 0) is 68.4 Å². The van der Waals surface area contributed by atoms with Gasteiger partial charge >= 0.3 is 0 Å². The predicted octanol–water partition coefficient (Wildman–Crippen LogP) is 4.61. The van der Waals surface area contributed by atoms with Crippen LogP contribution in [0.4, 0.5) is 10.1 Å². The molecule has 0 amide bonds. The monoisotopic (exact) mass is 341 g/mol. The average molecular weight is 341 g/mol. The molecule has 1 aromatic heterocycles. The molecule has 0 atom stereocenters. The summed E-state index contributed by atoms with van der Waals surface area (Å²) >= 11 is 1.64. The summed E-state index contributed by atoms with van der Waals surface area (Å²) in [6.45, 7) is 4.51. The molecule has 0 radical (unpaired) electrons. The fraction of sp³-hybridized carbons (Fsp3) is 0.316. The minimum Gasteiger partial charge on any atom is -0.384 e. The summed E-state index contributed by atoms with van der Waals surface area (Å²) in [5, 5.41) is 4.42. The number of nitrogens with zero attached hydrogens (tertiary/aromatic N) is 2. The highest BCUT2D eigenvalue weighted by atomic mass is 32.1. The number of hydrogen-bond donors (Lipinski definition) is 1. The van der Waals surface area contributed by atoms with Crippen LogP contribution in [0, 0.1) is 5.82 Å². The van der Waals surface area contributed by atoms with Crippen LogP contribution in [0.15, 0.2) is 42.5 Å². The van der Waals surface area contributed by atoms with E-state index in [4.69, 9.17) is 4.98 Å². The van der Waals surface area contributed by atoms with Gasteiger partial charge in [-0.2, -0.15) is 0 Å². The second-order valence-electron chi connectivity index (χ2n) is 6.18. The topological polar surface area (TPSA) is 28.2 Å². The van der Waals surface area contributed by atoms with Gasteiger partial charge in [0.15, 0.2) is 0 Å². The maximum absolute atomic E-state index is 13.1. The smallest absolute Gasteiger partial charge is 0.124 e. The van der Waals surface area contributed by atoms with E-state index in [1.807, 2.05) is 0 Å². The van der Waals surface area contributed by atoms with Crippen LogP contribution in [0.5, 0.6) is 0 Å². The van der Waals surface area contributed by atoms with E-state index in [1.54, 1.807) is 23.5 Å². The zero-order chi connectivity index (χ0) is 16.4. The van der Waals surface area contributed by atoms with Crippen LogP contribution >= 0.6 is 11.3 Å². The average Bonchev–Trinajstić information content (AvgIpc) is 3.24. The number of halogens is 1. The van der Waals surface area contributed by atoms with E-state index in [2.05, 4.69) is 28.4 Å². The molecule has 3 aromatic rings. The Morgan fingerprint density at radius 1 is 1.08 bits per heavy atom. The van der Waals surface area contributed by atoms with Crippen LogP contribution in [0.2, 0.25) is 0 Å². The van der Waals surface area contributed by atoms with E-state index in [9.17, 15) is 4.39 Å². The Kier molecular flexibility index (Phi) is 4.45. The molecule has 124 valence electrons. The highest BCUT2D eigenvalue weighted by molar-refractivity contribution is 7.21. The molecule has 4 rings (SSSR count). The number of likely N-dealkylation sites (tertiary alicyclic amines) is 1. The lowest BCUT2D eigenvalue weighted by Gasteiger charge is -2.15. The first-order chi connectivity index (χ1) is 11.8. The first-order valence-electron chi connectivity index (χ1n) is 8.41. The van der Waals surface area contributed by atoms with Gasteiger partial charge in [0.1, 0.15) is 10.8 Å². The Morgan fingerprint density at radius 3 is 2.67 bits per heavy atom. The Morgan fingerprint density at radius 2 is 1.88 bits per heavy atom. The molecule has 0 aliphatic carbocycles. The van der Waals surface area contributed by atoms with E-state index >= 15 is 0 Å². The van der Waals surface area contributed by atoms with E-state index in [1.165, 1.54) is 38.1 Å². The van der Waals surface area contributed by atoms with Crippen molar-refractivity contribution in [3.63, 3.8) is 0 Å². The van der Waals surface area contributed by atoms with Crippen molar-refractivity contribution in [1.82, 2.24) is 9.88 Å². The van der Waals surface area contributed by atoms with Crippen molar-refractivity contribution in [2.24, 2.45) is 0 Å². The molecular weight excluding hydrogens is 321 g/mol. The standard InChI is InChI=1S/C19H20FN3S/c20-15-5-3-14(4-6-15)19-22-17-13-16(7-8-18(17)24-19)21-9-12-23-10-1-2-11-23/h3-8,13,21H,1-2,9-12H2. The van der Waals surface area contributed by atoms with Crippen molar-refractivity contribution < 1.29 is 4.39 Å². The lowest BCUT2D eigenvalue weighted by molar-refractivity contribution is 0.352. The second-order valence-corrected chi connectivity index (χ2v) is 7.21. The van der Waals surface area contributed by atoms with Crippen molar-refractivity contribution in [1.29, 1.82) is 0 Å². The molecule has 2 heterocycles. The van der Waals surface area contributed by atoms with Gasteiger partial charge in [0.05, 0.1) is 10.2 Å². The number of aromatic nitrogens is 1. The fourth-order valence-corrected chi connectivity index (χ4v) is 4.07. The lowest BCUT2D eigenvalue weighted by atomic mass is 10.2. The summed E-state index contributed by atoms with van der Waals surface area (Å²) < 4.78 is 14.2. The van der Waals surface area contributed by atoms with Crippen LogP contribution in [0.1, 0.15) is 12.8 Å². The minimum absolute atomic E-state index is 0.218. The molecule has 3 nitrogen and oxygen atoms in total. The Balaban J connectivity index is 1.47. The molecule has 0 unspecified atom stereocenters. The molecule has 5 heteroatoms. The van der Waals surface area contributed by atoms with Crippen molar-refractivity contribution in [3.05, 3.63) is 48.3 Å². The predicted molar refractivity (Wildman–Crippen MR) is 99.2 cm³/mol. The molecule has 1 saturated heterocycles. The van der Waals surface area contributed by atoms with Gasteiger partial charge in [-0.15, -0.1) is 11.3 Å². The first kappa shape index (κ1) is 15.5. The van der Waals surface area contributed by atoms with E-state index in [0.717, 1.165) is 39.6 Å². The van der Waals surface area contributed by atoms with E-state index in [-0.39, 0.29) is 5.82 Å². The van der Waals surface area contributed by atoms with Gasteiger partial charge in [-0.3, -0.25) is 0 Å². The van der Waals surface area contributed by atoms with Gasteiger partial charge in [0, 0.05) is 24.3 Å². The van der Waals surface area contributed by atoms with Crippen LogP contribution in [0.25, 0.3) is 20.8 Å². The molecule has 2 aromatic carbocycles. The summed E-state index contributed by atoms with van der Waals surface area (Å²) in [5.74, 6) is -0.218. The highest BCUT2D eigenvalue weighted by Gasteiger charge is 2.11. The van der Waals surface area contributed by atoms with Gasteiger partial charge < -0.3 is 10.2 Å². The van der Waals surface area contributed by atoms with Crippen molar-refractivity contribution >= 4 is 27.2 Å². The van der Waals surface area contributed by atoms with E-state index < -0.39 is 0 Å². The minimum atomic E-state index is -0.218. The van der Waals surface area contributed by atoms with Crippen LogP contribution in [0.3, 0.4) is 0 Å². The van der Waals surface area contributed by atoms with Gasteiger partial charge in [-0.1, -0.05) is 0 Å². The SMILES string of the molecule is Fc1ccc(-c2nc3cc(NCCN4CCCC4)ccc3s2)cc1. The molecule has 0 bridgehead atoms. The maximum atomic E-state index is 13.1. The number of nitrogens with one attached hydrogen (secondary N) is 1. The fourth-order valence-electron chi connectivity index (χ4n) is 3.12. The third-order valence-electron chi connectivity index (χ3n) is 4.43. The Bertz CT molecular complexity index is 822. The summed E-state index contributed by atoms with van der Waals surface area (Å²) in [7, 11) is 0. The molecule has 0 saturated carbocycles. The van der Waals surface area contributed by atoms with Gasteiger partial charge in [0.2, 0.25) is 0 Å². The van der Waals surface area contributed by atoms with E-state index in [0.29, 0.717) is 0 Å². The molecule has 1 aliphatic heterocycles. The van der Waals surface area contributed by atoms with Crippen molar-refractivity contribution in [3.8, 4) is 10.6 Å². The summed E-state index contributed by atoms with van der Waals surface area (Å²) in [4.78, 5) is 7.21. The highest BCUT2D eigenvalue weighted by Crippen LogP contribution is 2.31. The molecular formula is C19H20FN3S. The van der Waals surface area contributed by atoms with Crippen LogP contribution in [-0.4, -0.2) is 36.1 Å². The third kappa shape index (κ3) is 3.42. The number of benzene rings is 2. The van der Waals surface area contributed by atoms with Crippen LogP contribution in [-0.2, 0) is 0 Å². The number of hydrogen-bond acceptors (Lipinski definition) is 4. The number of fused-ring (bicyclic) bond motifs is 1. The lowest BCUT2D eigenvalue weighted by Crippen LogP contribution is -2.25. The second kappa shape index (κ2) is 6.87. The summed E-state index contributed by atoms with van der Waals surface area (Å²) in [6.07, 6.45) is 2.66. The number of anilines is 1. The van der Waals surface area contributed by atoms with Crippen LogP contribution < -0.4 is 5.32 Å². The Labute approximate surface area is 145 Å². The Hall–Kier alpha value is -1.98. The van der Waals surface area contributed by atoms with Crippen molar-refractivity contribution in [2.45, 2.75) is 12.8 Å². The molecule has 1 aliphatic rings. The van der Waals surface area contributed by atoms with Crippen molar-refractivity contribution in [2.75, 3.05) is 31.5 Å². The molecule has 0 spiro atoms. The zero-order valence-corrected chi connectivity index (χ0v) is 14.3. The quantitative estimate of drug-likeness (QED) is 0.734. The van der Waals surface area contributed by atoms with Gasteiger partial charge in [-0.25, -0.2) is 9.37 Å². The molecule has 24 heavy (non-hydrogen) atoms. The largest absolute Gasteiger partial charge is 0.384 e. The summed E-state index contributed by atoms with van der Waals surface area (Å²) in [6, 6.07) is 12.8. The number of rotatable bonds is 5. The maximum Gasteiger partial charge on any atom is 0.124 e. The third-order valence-corrected chi connectivity index (χ3v) is 5.52. The normalized spacial score (nSPS) is 15.2. The van der Waals surface area contributed by atoms with Gasteiger partial charge in [0.25, 0.3) is 0 Å². The number of thiazole rings is 1. The summed E-state index contributed by atoms with van der Waals surface area (Å²) in [5.41, 5.74) is 3.06. The molecule has 1 N–H and O–H groups in total. The first-order valence-corrected chi connectivity index (χ1v) is 9.22. The zero-order valence-electron chi connectivity index (χ0n) is 13.5. The molecule has 1 fully saturated rings.